The maximum atomic E-state index is 11.8. The fraction of sp³-hybridized carbons (Fsp3) is 0.800. The molecule has 3 fully saturated rings. The number of hydrogen-bond donors (Lipinski definition) is 1. The van der Waals surface area contributed by atoms with E-state index in [-0.39, 0.29) is 18.0 Å². The van der Waals surface area contributed by atoms with Gasteiger partial charge in [-0.2, -0.15) is 0 Å². The Labute approximate surface area is 88.8 Å². The zero-order chi connectivity index (χ0) is 11.1. The molecule has 2 saturated heterocycles. The number of carbonyl (C=O) groups is 2. The number of amides is 2. The summed E-state index contributed by atoms with van der Waals surface area (Å²) in [6.07, 6.45) is 1.66. The van der Waals surface area contributed by atoms with Crippen LogP contribution in [0.2, 0.25) is 0 Å². The average molecular weight is 212 g/mol. The lowest BCUT2D eigenvalue weighted by Gasteiger charge is -2.38. The minimum atomic E-state index is -0.556. The standard InChI is InChI=1S/C10H16N2O3/c1-10-3-7(4-10)6-12(10)8(13)5-11-9(14)15-2/h7H,3-6H2,1-2H3,(H,11,14). The smallest absolute Gasteiger partial charge is 0.407 e. The van der Waals surface area contributed by atoms with E-state index in [1.54, 1.807) is 0 Å². The number of ether oxygens (including phenoxy) is 1. The van der Waals surface area contributed by atoms with E-state index in [4.69, 9.17) is 0 Å². The molecule has 2 aliphatic heterocycles. The summed E-state index contributed by atoms with van der Waals surface area (Å²) in [4.78, 5) is 24.4. The number of alkyl carbamates (subject to hydrolysis) is 1. The Morgan fingerprint density at radius 2 is 2.20 bits per heavy atom. The Kier molecular flexibility index (Phi) is 2.32. The molecule has 0 radical (unpaired) electrons. The maximum absolute atomic E-state index is 11.8. The lowest BCUT2D eigenvalue weighted by Crippen LogP contribution is -2.48. The molecule has 0 spiro atoms. The molecule has 2 heterocycles. The predicted octanol–water partition coefficient (Wildman–Crippen LogP) is 0.353. The number of carbonyl (C=O) groups excluding carboxylic acids is 2. The van der Waals surface area contributed by atoms with E-state index in [2.05, 4.69) is 17.0 Å². The van der Waals surface area contributed by atoms with Crippen molar-refractivity contribution in [3.63, 3.8) is 0 Å². The molecule has 0 unspecified atom stereocenters. The molecular weight excluding hydrogens is 196 g/mol. The first-order valence-electron chi connectivity index (χ1n) is 5.17. The number of nitrogens with one attached hydrogen (secondary N) is 1. The van der Waals surface area contributed by atoms with Crippen LogP contribution >= 0.6 is 0 Å². The predicted molar refractivity (Wildman–Crippen MR) is 53.2 cm³/mol. The van der Waals surface area contributed by atoms with Gasteiger partial charge in [0.15, 0.2) is 0 Å². The van der Waals surface area contributed by atoms with Crippen LogP contribution in [0.25, 0.3) is 0 Å². The zero-order valence-corrected chi connectivity index (χ0v) is 9.08. The Hall–Kier alpha value is -1.26. The zero-order valence-electron chi connectivity index (χ0n) is 9.08. The van der Waals surface area contributed by atoms with Crippen LogP contribution in [0.4, 0.5) is 4.79 Å². The summed E-state index contributed by atoms with van der Waals surface area (Å²) < 4.78 is 4.40. The summed E-state index contributed by atoms with van der Waals surface area (Å²) in [5, 5.41) is 2.41. The molecule has 84 valence electrons. The molecule has 0 aromatic heterocycles. The van der Waals surface area contributed by atoms with Crippen molar-refractivity contribution in [3.8, 4) is 0 Å². The van der Waals surface area contributed by atoms with Gasteiger partial charge in [0.2, 0.25) is 5.91 Å². The monoisotopic (exact) mass is 212 g/mol. The second-order valence-electron chi connectivity index (χ2n) is 4.62. The number of methoxy groups -OCH3 is 1. The molecule has 0 atom stereocenters. The molecule has 1 aliphatic carbocycles. The highest BCUT2D eigenvalue weighted by Crippen LogP contribution is 2.49. The summed E-state index contributed by atoms with van der Waals surface area (Å²) in [6.45, 7) is 2.99. The highest BCUT2D eigenvalue weighted by molar-refractivity contribution is 5.83. The average Bonchev–Trinajstić information content (AvgIpc) is 2.66. The van der Waals surface area contributed by atoms with Gasteiger partial charge in [0, 0.05) is 12.1 Å². The lowest BCUT2D eigenvalue weighted by atomic mass is 9.75. The fourth-order valence-corrected chi connectivity index (χ4v) is 2.73. The molecule has 3 rings (SSSR count). The summed E-state index contributed by atoms with van der Waals surface area (Å²) >= 11 is 0. The van der Waals surface area contributed by atoms with E-state index in [0.29, 0.717) is 5.92 Å². The van der Waals surface area contributed by atoms with Crippen molar-refractivity contribution in [3.05, 3.63) is 0 Å². The van der Waals surface area contributed by atoms with Gasteiger partial charge in [0.1, 0.15) is 6.54 Å². The Balaban J connectivity index is 1.84. The Bertz CT molecular complexity index is 297. The van der Waals surface area contributed by atoms with Crippen molar-refractivity contribution in [1.29, 1.82) is 0 Å². The first kappa shape index (κ1) is 10.3. The third-order valence-corrected chi connectivity index (χ3v) is 3.42. The molecule has 15 heavy (non-hydrogen) atoms. The molecule has 5 nitrogen and oxygen atoms in total. The van der Waals surface area contributed by atoms with Gasteiger partial charge in [-0.3, -0.25) is 4.79 Å². The van der Waals surface area contributed by atoms with E-state index >= 15 is 0 Å². The number of nitrogens with zero attached hydrogens (tertiary/aromatic N) is 1. The van der Waals surface area contributed by atoms with Crippen LogP contribution in [0, 0.1) is 5.92 Å². The third-order valence-electron chi connectivity index (χ3n) is 3.42. The molecule has 3 aliphatic rings. The van der Waals surface area contributed by atoms with Crippen molar-refractivity contribution in [2.45, 2.75) is 25.3 Å². The summed E-state index contributed by atoms with van der Waals surface area (Å²) in [5.74, 6) is 0.667. The van der Waals surface area contributed by atoms with Crippen molar-refractivity contribution in [2.75, 3.05) is 20.2 Å². The van der Waals surface area contributed by atoms with Gasteiger partial charge in [-0.05, 0) is 25.7 Å². The number of hydrogen-bond acceptors (Lipinski definition) is 3. The highest BCUT2D eigenvalue weighted by atomic mass is 16.5. The molecule has 5 heteroatoms. The minimum Gasteiger partial charge on any atom is -0.453 e. The van der Waals surface area contributed by atoms with Gasteiger partial charge in [0.05, 0.1) is 7.11 Å². The van der Waals surface area contributed by atoms with Crippen molar-refractivity contribution in [1.82, 2.24) is 10.2 Å². The molecule has 1 saturated carbocycles. The van der Waals surface area contributed by atoms with Crippen LogP contribution in [0.3, 0.4) is 0 Å². The largest absolute Gasteiger partial charge is 0.453 e. The summed E-state index contributed by atoms with van der Waals surface area (Å²) in [7, 11) is 1.29. The van der Waals surface area contributed by atoms with Crippen LogP contribution in [0.1, 0.15) is 19.8 Å². The van der Waals surface area contributed by atoms with Crippen LogP contribution in [-0.2, 0) is 9.53 Å². The van der Waals surface area contributed by atoms with Gasteiger partial charge >= 0.3 is 6.09 Å². The first-order chi connectivity index (χ1) is 7.05. The van der Waals surface area contributed by atoms with E-state index in [0.717, 1.165) is 19.4 Å². The van der Waals surface area contributed by atoms with E-state index in [1.165, 1.54) is 7.11 Å². The van der Waals surface area contributed by atoms with Gasteiger partial charge < -0.3 is 15.0 Å². The van der Waals surface area contributed by atoms with Crippen molar-refractivity contribution in [2.24, 2.45) is 5.92 Å². The Morgan fingerprint density at radius 1 is 1.53 bits per heavy atom. The van der Waals surface area contributed by atoms with E-state index in [1.807, 2.05) is 4.90 Å². The van der Waals surface area contributed by atoms with Gasteiger partial charge in [-0.25, -0.2) is 4.79 Å². The van der Waals surface area contributed by atoms with E-state index < -0.39 is 6.09 Å². The SMILES string of the molecule is COC(=O)NCC(=O)N1CC2CC1(C)C2. The van der Waals surface area contributed by atoms with Crippen LogP contribution in [0.15, 0.2) is 0 Å². The van der Waals surface area contributed by atoms with Crippen molar-refractivity contribution < 1.29 is 14.3 Å². The van der Waals surface area contributed by atoms with Crippen LogP contribution in [-0.4, -0.2) is 42.6 Å². The normalized spacial score (nSPS) is 32.1. The lowest BCUT2D eigenvalue weighted by molar-refractivity contribution is -0.133. The van der Waals surface area contributed by atoms with Crippen LogP contribution in [0.5, 0.6) is 0 Å². The Morgan fingerprint density at radius 3 is 2.67 bits per heavy atom. The number of rotatable bonds is 2. The molecule has 1 N–H and O–H groups in total. The molecular formula is C10H16N2O3. The van der Waals surface area contributed by atoms with Gasteiger partial charge in [-0.15, -0.1) is 0 Å². The number of fused-ring (bicyclic) bond motifs is 1. The fourth-order valence-electron chi connectivity index (χ4n) is 2.73. The van der Waals surface area contributed by atoms with Gasteiger partial charge in [-0.1, -0.05) is 0 Å². The molecule has 0 aromatic carbocycles. The highest BCUT2D eigenvalue weighted by Gasteiger charge is 2.54. The van der Waals surface area contributed by atoms with Gasteiger partial charge in [0.25, 0.3) is 0 Å². The second-order valence-corrected chi connectivity index (χ2v) is 4.62. The minimum absolute atomic E-state index is 0.0112. The van der Waals surface area contributed by atoms with Crippen LogP contribution < -0.4 is 5.32 Å². The summed E-state index contributed by atoms with van der Waals surface area (Å²) in [5.41, 5.74) is 0.0551. The third kappa shape index (κ3) is 1.66. The molecule has 2 amide bonds. The van der Waals surface area contributed by atoms with Crippen molar-refractivity contribution >= 4 is 12.0 Å². The second kappa shape index (κ2) is 3.40. The molecule has 0 aromatic rings. The van der Waals surface area contributed by atoms with E-state index in [9.17, 15) is 9.59 Å². The first-order valence-corrected chi connectivity index (χ1v) is 5.17. The maximum Gasteiger partial charge on any atom is 0.407 e. The summed E-state index contributed by atoms with van der Waals surface area (Å²) in [6, 6.07) is 0. The topological polar surface area (TPSA) is 58.6 Å². The molecule has 2 bridgehead atoms. The quantitative estimate of drug-likeness (QED) is 0.718.